The van der Waals surface area contributed by atoms with E-state index >= 15 is 0 Å². The van der Waals surface area contributed by atoms with Gasteiger partial charge < -0.3 is 25.5 Å². The molecule has 0 amide bonds. The highest BCUT2D eigenvalue weighted by Crippen LogP contribution is 2.17. The lowest BCUT2D eigenvalue weighted by Crippen LogP contribution is -2.39. The summed E-state index contributed by atoms with van der Waals surface area (Å²) < 4.78 is 18.4. The van der Waals surface area contributed by atoms with Crippen molar-refractivity contribution in [2.75, 3.05) is 26.2 Å². The predicted octanol–water partition coefficient (Wildman–Crippen LogP) is 3.46. The topological polar surface area (TPSA) is 81.7 Å². The van der Waals surface area contributed by atoms with Gasteiger partial charge in [-0.25, -0.2) is 4.39 Å². The van der Waals surface area contributed by atoms with Gasteiger partial charge in [0.15, 0.2) is 5.96 Å². The first-order chi connectivity index (χ1) is 14.2. The van der Waals surface area contributed by atoms with Crippen LogP contribution >= 0.6 is 24.0 Å². The normalized spacial score (nSPS) is 12.3. The van der Waals surface area contributed by atoms with Crippen LogP contribution in [-0.4, -0.2) is 48.4 Å². The summed E-state index contributed by atoms with van der Waals surface area (Å²) in [5, 5.41) is 17.8. The highest BCUT2D eigenvalue weighted by molar-refractivity contribution is 14.0. The Morgan fingerprint density at radius 3 is 2.70 bits per heavy atom. The van der Waals surface area contributed by atoms with Crippen LogP contribution in [0, 0.1) is 5.82 Å². The van der Waals surface area contributed by atoms with E-state index in [0.29, 0.717) is 11.7 Å². The van der Waals surface area contributed by atoms with Crippen molar-refractivity contribution in [1.82, 2.24) is 15.6 Å². The van der Waals surface area contributed by atoms with Gasteiger partial charge in [-0.3, -0.25) is 4.99 Å². The van der Waals surface area contributed by atoms with Crippen molar-refractivity contribution in [3.8, 4) is 5.75 Å². The van der Waals surface area contributed by atoms with Gasteiger partial charge in [-0.15, -0.1) is 24.0 Å². The summed E-state index contributed by atoms with van der Waals surface area (Å²) in [7, 11) is 0. The number of nitrogens with one attached hydrogen (secondary N) is 3. The number of aliphatic hydroxyl groups excluding tert-OH is 1. The molecule has 0 saturated heterocycles. The molecule has 0 fully saturated rings. The summed E-state index contributed by atoms with van der Waals surface area (Å²) in [6, 6.07) is 13.9. The fourth-order valence-corrected chi connectivity index (χ4v) is 2.97. The Labute approximate surface area is 193 Å². The number of aromatic amines is 1. The molecule has 6 nitrogen and oxygen atoms in total. The second kappa shape index (κ2) is 12.4. The molecule has 1 atom stereocenters. The predicted molar refractivity (Wildman–Crippen MR) is 129 cm³/mol. The Balaban J connectivity index is 0.00000320. The number of benzene rings is 2. The lowest BCUT2D eigenvalue weighted by atomic mass is 10.1. The van der Waals surface area contributed by atoms with Crippen LogP contribution in [0.4, 0.5) is 4.39 Å². The van der Waals surface area contributed by atoms with Crippen LogP contribution in [0.1, 0.15) is 12.5 Å². The Kier molecular flexibility index (Phi) is 9.88. The second-order valence-corrected chi connectivity index (χ2v) is 6.67. The summed E-state index contributed by atoms with van der Waals surface area (Å²) in [6.07, 6.45) is 2.13. The summed E-state index contributed by atoms with van der Waals surface area (Å²) in [5.74, 6) is 0.836. The van der Waals surface area contributed by atoms with E-state index in [1.54, 1.807) is 0 Å². The highest BCUT2D eigenvalue weighted by Gasteiger charge is 2.07. The number of para-hydroxylation sites is 1. The smallest absolute Gasteiger partial charge is 0.191 e. The zero-order valence-electron chi connectivity index (χ0n) is 16.9. The lowest BCUT2D eigenvalue weighted by Gasteiger charge is -2.14. The molecule has 1 aromatic heterocycles. The third-order valence-electron chi connectivity index (χ3n) is 4.42. The average Bonchev–Trinajstić information content (AvgIpc) is 3.15. The highest BCUT2D eigenvalue weighted by atomic mass is 127. The van der Waals surface area contributed by atoms with E-state index in [-0.39, 0.29) is 42.9 Å². The zero-order valence-corrected chi connectivity index (χ0v) is 19.2. The van der Waals surface area contributed by atoms with Crippen molar-refractivity contribution >= 4 is 40.8 Å². The molecule has 0 radical (unpaired) electrons. The van der Waals surface area contributed by atoms with Crippen molar-refractivity contribution in [3.05, 3.63) is 66.1 Å². The molecule has 3 rings (SSSR count). The number of guanidine groups is 1. The van der Waals surface area contributed by atoms with E-state index in [1.165, 1.54) is 35.2 Å². The largest absolute Gasteiger partial charge is 0.491 e. The Hall–Kier alpha value is -2.33. The van der Waals surface area contributed by atoms with Crippen molar-refractivity contribution in [1.29, 1.82) is 0 Å². The molecule has 0 saturated carbocycles. The standard InChI is InChI=1S/C22H27FN4O2.HI/c1-2-24-22(25-12-11-16-13-26-21-6-4-3-5-20(16)21)27-14-18(28)15-29-19-9-7-17(23)8-10-19;/h3-10,13,18,26,28H,2,11-12,14-15H2,1H3,(H2,24,25,27);1H. The fourth-order valence-electron chi connectivity index (χ4n) is 2.97. The number of fused-ring (bicyclic) bond motifs is 1. The molecule has 0 spiro atoms. The van der Waals surface area contributed by atoms with Crippen LogP contribution in [0.5, 0.6) is 5.75 Å². The monoisotopic (exact) mass is 526 g/mol. The number of ether oxygens (including phenoxy) is 1. The minimum atomic E-state index is -0.760. The molecule has 30 heavy (non-hydrogen) atoms. The van der Waals surface area contributed by atoms with E-state index in [2.05, 4.69) is 32.7 Å². The quantitative estimate of drug-likeness (QED) is 0.196. The van der Waals surface area contributed by atoms with Gasteiger partial charge in [-0.1, -0.05) is 18.2 Å². The molecular formula is C22H28FIN4O2. The Bertz CT molecular complexity index is 930. The van der Waals surface area contributed by atoms with Crippen molar-refractivity contribution < 1.29 is 14.2 Å². The van der Waals surface area contributed by atoms with Gasteiger partial charge in [0, 0.05) is 30.2 Å². The lowest BCUT2D eigenvalue weighted by molar-refractivity contribution is 0.114. The fraction of sp³-hybridized carbons (Fsp3) is 0.318. The molecule has 0 bridgehead atoms. The van der Waals surface area contributed by atoms with Crippen molar-refractivity contribution in [2.45, 2.75) is 19.4 Å². The molecule has 4 N–H and O–H groups in total. The summed E-state index contributed by atoms with van der Waals surface area (Å²) >= 11 is 0. The Morgan fingerprint density at radius 2 is 1.93 bits per heavy atom. The minimum Gasteiger partial charge on any atom is -0.491 e. The van der Waals surface area contributed by atoms with E-state index in [9.17, 15) is 9.50 Å². The molecule has 0 aliphatic rings. The maximum atomic E-state index is 12.9. The number of aliphatic hydroxyl groups is 1. The molecule has 162 valence electrons. The summed E-state index contributed by atoms with van der Waals surface area (Å²) in [6.45, 7) is 3.72. The van der Waals surface area contributed by atoms with E-state index in [0.717, 1.165) is 25.0 Å². The minimum absolute atomic E-state index is 0. The van der Waals surface area contributed by atoms with Gasteiger partial charge in [0.05, 0.1) is 6.54 Å². The van der Waals surface area contributed by atoms with Gasteiger partial charge in [-0.2, -0.15) is 0 Å². The summed E-state index contributed by atoms with van der Waals surface area (Å²) in [5.41, 5.74) is 2.38. The van der Waals surface area contributed by atoms with Crippen LogP contribution < -0.4 is 15.4 Å². The van der Waals surface area contributed by atoms with Gasteiger partial charge in [0.25, 0.3) is 0 Å². The Morgan fingerprint density at radius 1 is 1.17 bits per heavy atom. The van der Waals surface area contributed by atoms with Crippen LogP contribution in [-0.2, 0) is 6.42 Å². The third-order valence-corrected chi connectivity index (χ3v) is 4.42. The van der Waals surface area contributed by atoms with Crippen LogP contribution in [0.2, 0.25) is 0 Å². The number of hydrogen-bond donors (Lipinski definition) is 4. The van der Waals surface area contributed by atoms with Crippen molar-refractivity contribution in [2.24, 2.45) is 4.99 Å². The first-order valence-corrected chi connectivity index (χ1v) is 9.79. The summed E-state index contributed by atoms with van der Waals surface area (Å²) in [4.78, 5) is 7.70. The van der Waals surface area contributed by atoms with Gasteiger partial charge in [0.1, 0.15) is 24.3 Å². The molecule has 3 aromatic rings. The number of aliphatic imine (C=N–C) groups is 1. The zero-order chi connectivity index (χ0) is 20.5. The van der Waals surface area contributed by atoms with E-state index < -0.39 is 6.10 Å². The number of nitrogens with zero attached hydrogens (tertiary/aromatic N) is 1. The van der Waals surface area contributed by atoms with Crippen molar-refractivity contribution in [3.63, 3.8) is 0 Å². The molecule has 0 aliphatic carbocycles. The number of aromatic nitrogens is 1. The van der Waals surface area contributed by atoms with Gasteiger partial charge >= 0.3 is 0 Å². The van der Waals surface area contributed by atoms with E-state index in [1.807, 2.05) is 25.3 Å². The van der Waals surface area contributed by atoms with E-state index in [4.69, 9.17) is 4.74 Å². The average molecular weight is 526 g/mol. The third kappa shape index (κ3) is 7.17. The van der Waals surface area contributed by atoms with Crippen LogP contribution in [0.15, 0.2) is 59.7 Å². The van der Waals surface area contributed by atoms with Gasteiger partial charge in [-0.05, 0) is 49.2 Å². The number of rotatable bonds is 9. The van der Waals surface area contributed by atoms with Gasteiger partial charge in [0.2, 0.25) is 0 Å². The maximum absolute atomic E-state index is 12.9. The maximum Gasteiger partial charge on any atom is 0.191 e. The number of hydrogen-bond acceptors (Lipinski definition) is 3. The molecule has 8 heteroatoms. The number of H-pyrrole nitrogens is 1. The SMILES string of the molecule is CCNC(=NCC(O)COc1ccc(F)cc1)NCCc1c[nH]c2ccccc12.I. The second-order valence-electron chi connectivity index (χ2n) is 6.67. The molecular weight excluding hydrogens is 498 g/mol. The number of halogens is 2. The molecule has 0 aliphatic heterocycles. The molecule has 2 aromatic carbocycles. The first-order valence-electron chi connectivity index (χ1n) is 9.79. The molecule has 1 unspecified atom stereocenters. The van der Waals surface area contributed by atoms with Crippen LogP contribution in [0.3, 0.4) is 0 Å². The first kappa shape index (κ1) is 23.9. The molecule has 1 heterocycles. The van der Waals surface area contributed by atoms with Crippen LogP contribution in [0.25, 0.3) is 10.9 Å².